The number of piperidine rings is 2. The van der Waals surface area contributed by atoms with Crippen molar-refractivity contribution in [1.29, 1.82) is 0 Å². The number of para-hydroxylation sites is 2. The predicted molar refractivity (Wildman–Crippen MR) is 181 cm³/mol. The van der Waals surface area contributed by atoms with E-state index in [1.54, 1.807) is 22.3 Å². The second kappa shape index (κ2) is 8.27. The lowest BCUT2D eigenvalue weighted by molar-refractivity contribution is -0.937. The molecule has 2 saturated carbocycles. The molecule has 0 N–H and O–H groups in total. The quantitative estimate of drug-likeness (QED) is 0.348. The summed E-state index contributed by atoms with van der Waals surface area (Å²) in [5, 5.41) is 0. The van der Waals surface area contributed by atoms with Crippen molar-refractivity contribution < 1.29 is 14.0 Å². The van der Waals surface area contributed by atoms with E-state index in [1.165, 1.54) is 61.2 Å². The van der Waals surface area contributed by atoms with Gasteiger partial charge < -0.3 is 23.8 Å². The summed E-state index contributed by atoms with van der Waals surface area (Å²) >= 11 is 0. The van der Waals surface area contributed by atoms with Crippen LogP contribution in [0.25, 0.3) is 0 Å². The second-order valence-electron chi connectivity index (χ2n) is 17.2. The molecule has 9 heterocycles. The molecule has 13 atom stereocenters. The molecule has 2 aromatic rings. The largest absolute Gasteiger partial charge is 0.354 e. The molecule has 2 spiro atoms. The van der Waals surface area contributed by atoms with Crippen molar-refractivity contribution in [3.05, 3.63) is 95.6 Å². The van der Waals surface area contributed by atoms with Crippen molar-refractivity contribution in [1.82, 2.24) is 4.90 Å². The van der Waals surface area contributed by atoms with E-state index in [1.807, 2.05) is 0 Å². The number of hydrogen-bond acceptors (Lipinski definition) is 5. The molecule has 2 aromatic carbocycles. The van der Waals surface area contributed by atoms with Crippen molar-refractivity contribution in [3.63, 3.8) is 0 Å². The van der Waals surface area contributed by atoms with Crippen LogP contribution in [0, 0.1) is 23.7 Å². The molecule has 3 unspecified atom stereocenters. The third-order valence-electron chi connectivity index (χ3n) is 16.5. The zero-order valence-electron chi connectivity index (χ0n) is 27.2. The molecule has 4 bridgehead atoms. The lowest BCUT2D eigenvalue weighted by Crippen LogP contribution is -2.77. The maximum absolute atomic E-state index is 7.45. The lowest BCUT2D eigenvalue weighted by Gasteiger charge is -2.65. The maximum Gasteiger partial charge on any atom is 0.136 e. The number of hydrogen-bond donors (Lipinski definition) is 0. The summed E-state index contributed by atoms with van der Waals surface area (Å²) < 4.78 is 16.1. The molecular weight excluding hydrogens is 580 g/mol. The monoisotopic (exact) mass is 625 g/mol. The Hall–Kier alpha value is -2.90. The highest BCUT2D eigenvalue weighted by atomic mass is 16.5. The third kappa shape index (κ3) is 2.61. The van der Waals surface area contributed by atoms with E-state index in [4.69, 9.17) is 9.47 Å². The van der Waals surface area contributed by atoms with Crippen LogP contribution in [-0.2, 0) is 20.3 Å². The molecule has 5 saturated heterocycles. The molecule has 11 aliphatic rings. The number of quaternary nitrogens is 1. The molecule has 6 heteroatoms. The smallest absolute Gasteiger partial charge is 0.136 e. The van der Waals surface area contributed by atoms with Crippen LogP contribution in [0.2, 0.25) is 0 Å². The fraction of sp³-hybridized carbons (Fsp3) is 0.561. The number of anilines is 2. The van der Waals surface area contributed by atoms with Gasteiger partial charge in [0.05, 0.1) is 43.8 Å². The van der Waals surface area contributed by atoms with E-state index in [2.05, 4.69) is 88.0 Å². The Kier molecular flexibility index (Phi) is 4.58. The van der Waals surface area contributed by atoms with Gasteiger partial charge in [-0.15, -0.1) is 0 Å². The Morgan fingerprint density at radius 2 is 1.47 bits per heavy atom. The minimum atomic E-state index is 0.0587. The average molecular weight is 626 g/mol. The van der Waals surface area contributed by atoms with Gasteiger partial charge in [-0.3, -0.25) is 4.90 Å². The third-order valence-corrected chi connectivity index (χ3v) is 16.5. The standard InChI is InChI=1S/C41H45N4O2/c1-2-16-45-17-14-41-29-8-4-6-10-31(29)44-37(41)35-27(21-33(41)45)25(23-45)12-19-47-39(35)43-30-9-5-3-7-28(30)40-13-15-42-22-24-11-18-46-38(44)34(36(40)43)26(24)20-32(40)42/h2-12,26-27,32-39H,1,13-23H2/q+1/t26-,27?,32-,33-,34+,35?,36-,37-,38+,39+,40+,41+,45?/m0/s1. The summed E-state index contributed by atoms with van der Waals surface area (Å²) in [7, 11) is 0. The number of benzene rings is 2. The van der Waals surface area contributed by atoms with Crippen molar-refractivity contribution in [2.24, 2.45) is 23.7 Å². The molecule has 0 amide bonds. The SMILES string of the molecule is C=CC[N+]12CC[C@@]34c5ccccc5N5[C@@H]6OCC=C7CN8CC[C@]9%10c%11ccccc%11N([C@@H]%11OCC=C(C1)C(C[C@@H]32)C%11[C@H]54)[C@H]9[C@H]6[C@H]7C[C@H]8%10. The van der Waals surface area contributed by atoms with Crippen LogP contribution < -0.4 is 9.80 Å². The topological polar surface area (TPSA) is 28.2 Å². The van der Waals surface area contributed by atoms with E-state index in [9.17, 15) is 0 Å². The Bertz CT molecular complexity index is 1850. The number of rotatable bonds is 2. The van der Waals surface area contributed by atoms with Crippen molar-refractivity contribution in [3.8, 4) is 0 Å². The van der Waals surface area contributed by atoms with Gasteiger partial charge in [-0.2, -0.15) is 0 Å². The molecule has 7 fully saturated rings. The first-order valence-electron chi connectivity index (χ1n) is 18.8. The molecular formula is C41H45N4O2+. The first kappa shape index (κ1) is 26.0. The van der Waals surface area contributed by atoms with E-state index in [-0.39, 0.29) is 23.3 Å². The molecule has 0 radical (unpaired) electrons. The molecule has 2 aliphatic carbocycles. The average Bonchev–Trinajstić information content (AvgIpc) is 3.73. The highest BCUT2D eigenvalue weighted by molar-refractivity contribution is 5.72. The normalized spacial score (nSPS) is 49.6. The Morgan fingerprint density at radius 1 is 0.809 bits per heavy atom. The summed E-state index contributed by atoms with van der Waals surface area (Å²) in [6.07, 6.45) is 12.5. The summed E-state index contributed by atoms with van der Waals surface area (Å²) in [5.74, 6) is 1.88. The van der Waals surface area contributed by atoms with Gasteiger partial charge >= 0.3 is 0 Å². The van der Waals surface area contributed by atoms with Crippen LogP contribution in [0.4, 0.5) is 11.4 Å². The minimum Gasteiger partial charge on any atom is -0.354 e. The maximum atomic E-state index is 7.45. The summed E-state index contributed by atoms with van der Waals surface area (Å²) in [4.78, 5) is 8.80. The van der Waals surface area contributed by atoms with Crippen molar-refractivity contribution in [2.45, 2.75) is 73.1 Å². The predicted octanol–water partition coefficient (Wildman–Crippen LogP) is 4.97. The first-order chi connectivity index (χ1) is 23.2. The van der Waals surface area contributed by atoms with Gasteiger partial charge in [0.2, 0.25) is 0 Å². The molecule has 47 heavy (non-hydrogen) atoms. The van der Waals surface area contributed by atoms with Gasteiger partial charge in [0.25, 0.3) is 0 Å². The number of nitrogens with zero attached hydrogens (tertiary/aromatic N) is 4. The van der Waals surface area contributed by atoms with Crippen molar-refractivity contribution >= 4 is 11.4 Å². The van der Waals surface area contributed by atoms with Gasteiger partial charge in [-0.05, 0) is 60.2 Å². The highest BCUT2D eigenvalue weighted by Gasteiger charge is 2.79. The Labute approximate surface area is 277 Å². The summed E-state index contributed by atoms with van der Waals surface area (Å²) in [5.41, 5.74) is 9.76. The Balaban J connectivity index is 1.13. The zero-order valence-corrected chi connectivity index (χ0v) is 27.2. The number of ether oxygens (including phenoxy) is 2. The molecule has 9 aliphatic heterocycles. The zero-order chi connectivity index (χ0) is 30.4. The van der Waals surface area contributed by atoms with Crippen molar-refractivity contribution in [2.75, 3.05) is 55.7 Å². The van der Waals surface area contributed by atoms with Gasteiger partial charge in [-0.25, -0.2) is 0 Å². The highest BCUT2D eigenvalue weighted by Crippen LogP contribution is 2.71. The van der Waals surface area contributed by atoms with E-state index < -0.39 is 0 Å². The summed E-state index contributed by atoms with van der Waals surface area (Å²) in [6.45, 7) is 11.6. The van der Waals surface area contributed by atoms with Crippen LogP contribution >= 0.6 is 0 Å². The van der Waals surface area contributed by atoms with Gasteiger partial charge in [0.1, 0.15) is 25.0 Å². The van der Waals surface area contributed by atoms with Crippen LogP contribution in [0.1, 0.15) is 36.8 Å². The Morgan fingerprint density at radius 3 is 2.21 bits per heavy atom. The fourth-order valence-electron chi connectivity index (χ4n) is 15.4. The second-order valence-corrected chi connectivity index (χ2v) is 17.2. The fourth-order valence-corrected chi connectivity index (χ4v) is 15.4. The van der Waals surface area contributed by atoms with Gasteiger partial charge in [-0.1, -0.05) is 60.7 Å². The van der Waals surface area contributed by atoms with E-state index in [0.29, 0.717) is 47.8 Å². The number of fused-ring (bicyclic) bond motifs is 6. The van der Waals surface area contributed by atoms with E-state index >= 15 is 0 Å². The molecule has 6 nitrogen and oxygen atoms in total. The summed E-state index contributed by atoms with van der Waals surface area (Å²) in [6, 6.07) is 21.3. The molecule has 13 rings (SSSR count). The lowest BCUT2D eigenvalue weighted by atomic mass is 9.52. The van der Waals surface area contributed by atoms with E-state index in [0.717, 1.165) is 26.3 Å². The van der Waals surface area contributed by atoms with Crippen LogP contribution in [0.5, 0.6) is 0 Å². The molecule has 240 valence electrons. The van der Waals surface area contributed by atoms with Crippen LogP contribution in [0.3, 0.4) is 0 Å². The van der Waals surface area contributed by atoms with Crippen LogP contribution in [0.15, 0.2) is 84.5 Å². The van der Waals surface area contributed by atoms with Crippen LogP contribution in [-0.4, -0.2) is 91.9 Å². The molecule has 0 aromatic heterocycles. The first-order valence-corrected chi connectivity index (χ1v) is 18.8. The van der Waals surface area contributed by atoms with Gasteiger partial charge in [0, 0.05) is 60.0 Å². The van der Waals surface area contributed by atoms with Gasteiger partial charge in [0.15, 0.2) is 0 Å². The minimum absolute atomic E-state index is 0.0587.